The monoisotopic (exact) mass is 436 g/mol. The summed E-state index contributed by atoms with van der Waals surface area (Å²) in [6.45, 7) is 2.63. The van der Waals surface area contributed by atoms with E-state index in [1.165, 1.54) is 64.2 Å². The molecule has 2 N–H and O–H groups in total. The molecule has 0 aliphatic carbocycles. The van der Waals surface area contributed by atoms with Crippen molar-refractivity contribution in [1.82, 2.24) is 0 Å². The maximum atomic E-state index is 12.3. The SMILES string of the molecule is CCCCCCCCCCCCCCCP(=O)(O)O[C@@H](CC(=O)O)C[N+](C)(C)C. The van der Waals surface area contributed by atoms with Crippen LogP contribution in [0.1, 0.15) is 96.8 Å². The van der Waals surface area contributed by atoms with Gasteiger partial charge in [0.1, 0.15) is 12.6 Å². The topological polar surface area (TPSA) is 83.8 Å². The number of hydrogen-bond acceptors (Lipinski definition) is 3. The Balaban J connectivity index is 3.82. The van der Waals surface area contributed by atoms with Gasteiger partial charge in [0.25, 0.3) is 0 Å². The largest absolute Gasteiger partial charge is 0.481 e. The predicted octanol–water partition coefficient (Wildman–Crippen LogP) is 5.83. The Labute approximate surface area is 179 Å². The van der Waals surface area contributed by atoms with Crippen molar-refractivity contribution in [2.45, 2.75) is 103 Å². The molecule has 0 aliphatic heterocycles. The van der Waals surface area contributed by atoms with Crippen molar-refractivity contribution in [3.8, 4) is 0 Å². The van der Waals surface area contributed by atoms with E-state index in [9.17, 15) is 14.3 Å². The van der Waals surface area contributed by atoms with Gasteiger partial charge in [-0.2, -0.15) is 0 Å². The number of carboxylic acid groups (broad SMARTS) is 1. The fraction of sp³-hybridized carbons (Fsp3) is 0.955. The predicted molar refractivity (Wildman–Crippen MR) is 120 cm³/mol. The lowest BCUT2D eigenvalue weighted by Gasteiger charge is -2.29. The fourth-order valence-electron chi connectivity index (χ4n) is 3.56. The van der Waals surface area contributed by atoms with Crippen molar-refractivity contribution >= 4 is 13.6 Å². The number of carbonyl (C=O) groups is 1. The highest BCUT2D eigenvalue weighted by Gasteiger charge is 2.30. The number of hydrogen-bond donors (Lipinski definition) is 2. The van der Waals surface area contributed by atoms with Gasteiger partial charge in [0.05, 0.1) is 27.6 Å². The Morgan fingerprint density at radius 1 is 0.862 bits per heavy atom. The molecule has 0 radical (unpaired) electrons. The smallest absolute Gasteiger partial charge is 0.328 e. The second-order valence-electron chi connectivity index (χ2n) is 9.40. The highest BCUT2D eigenvalue weighted by Crippen LogP contribution is 2.45. The molecule has 0 aromatic rings. The average molecular weight is 437 g/mol. The van der Waals surface area contributed by atoms with Gasteiger partial charge in [0, 0.05) is 6.16 Å². The van der Waals surface area contributed by atoms with Crippen LogP contribution in [0.15, 0.2) is 0 Å². The molecule has 174 valence electrons. The van der Waals surface area contributed by atoms with Gasteiger partial charge in [-0.05, 0) is 6.42 Å². The zero-order chi connectivity index (χ0) is 22.2. The molecule has 0 fully saturated rings. The molecule has 6 nitrogen and oxygen atoms in total. The molecule has 7 heteroatoms. The number of nitrogens with zero attached hydrogens (tertiary/aromatic N) is 1. The van der Waals surface area contributed by atoms with Crippen LogP contribution in [0.4, 0.5) is 0 Å². The van der Waals surface area contributed by atoms with Gasteiger partial charge in [-0.1, -0.05) is 84.0 Å². The standard InChI is InChI=1S/C22H46NO5P/c1-5-6-7-8-9-10-11-12-13-14-15-16-17-18-29(26,27)28-21(19-22(24)25)20-23(2,3)4/h21H,5-20H2,1-4H3,(H-,24,25,26,27)/p+1/t21-/m0/s1. The van der Waals surface area contributed by atoms with Crippen LogP contribution in [0.2, 0.25) is 0 Å². The second kappa shape index (κ2) is 16.3. The third-order valence-corrected chi connectivity index (χ3v) is 6.52. The number of rotatable bonds is 20. The van der Waals surface area contributed by atoms with Gasteiger partial charge in [-0.3, -0.25) is 13.9 Å². The van der Waals surface area contributed by atoms with Crippen LogP contribution in [-0.2, 0) is 13.9 Å². The molecule has 0 aromatic carbocycles. The fourth-order valence-corrected chi connectivity index (χ4v) is 4.89. The lowest BCUT2D eigenvalue weighted by Crippen LogP contribution is -2.42. The van der Waals surface area contributed by atoms with E-state index in [0.717, 1.165) is 12.8 Å². The summed E-state index contributed by atoms with van der Waals surface area (Å²) in [5.41, 5.74) is 0. The minimum absolute atomic E-state index is 0.109. The van der Waals surface area contributed by atoms with Gasteiger partial charge in [-0.25, -0.2) is 0 Å². The van der Waals surface area contributed by atoms with Crippen LogP contribution in [0, 0.1) is 0 Å². The molecule has 2 atom stereocenters. The second-order valence-corrected chi connectivity index (χ2v) is 11.3. The molecular weight excluding hydrogens is 389 g/mol. The molecule has 29 heavy (non-hydrogen) atoms. The Morgan fingerprint density at radius 3 is 1.66 bits per heavy atom. The lowest BCUT2D eigenvalue weighted by atomic mass is 10.1. The van der Waals surface area contributed by atoms with Crippen LogP contribution in [0.5, 0.6) is 0 Å². The summed E-state index contributed by atoms with van der Waals surface area (Å²) in [6, 6.07) is 0. The van der Waals surface area contributed by atoms with E-state index < -0.39 is 19.7 Å². The number of unbranched alkanes of at least 4 members (excludes halogenated alkanes) is 12. The molecule has 0 spiro atoms. The van der Waals surface area contributed by atoms with Crippen molar-refractivity contribution in [3.05, 3.63) is 0 Å². The van der Waals surface area contributed by atoms with Gasteiger partial charge in [-0.15, -0.1) is 0 Å². The van der Waals surface area contributed by atoms with Crippen LogP contribution >= 0.6 is 7.60 Å². The first-order valence-electron chi connectivity index (χ1n) is 11.6. The first-order chi connectivity index (χ1) is 13.6. The van der Waals surface area contributed by atoms with Crippen molar-refractivity contribution in [2.75, 3.05) is 33.8 Å². The summed E-state index contributed by atoms with van der Waals surface area (Å²) in [5.74, 6) is -1.01. The van der Waals surface area contributed by atoms with E-state index in [1.54, 1.807) is 0 Å². The number of aliphatic carboxylic acids is 1. The van der Waals surface area contributed by atoms with Crippen LogP contribution in [0.3, 0.4) is 0 Å². The van der Waals surface area contributed by atoms with E-state index in [1.807, 2.05) is 21.1 Å². The van der Waals surface area contributed by atoms with Gasteiger partial charge < -0.3 is 14.5 Å². The summed E-state index contributed by atoms with van der Waals surface area (Å²) in [7, 11) is 1.98. The van der Waals surface area contributed by atoms with Crippen LogP contribution < -0.4 is 0 Å². The minimum Gasteiger partial charge on any atom is -0.481 e. The lowest BCUT2D eigenvalue weighted by molar-refractivity contribution is -0.873. The quantitative estimate of drug-likeness (QED) is 0.142. The third-order valence-electron chi connectivity index (χ3n) is 5.01. The molecule has 0 aliphatic rings. The molecule has 1 unspecified atom stereocenters. The van der Waals surface area contributed by atoms with Gasteiger partial charge >= 0.3 is 13.6 Å². The average Bonchev–Trinajstić information content (AvgIpc) is 2.56. The van der Waals surface area contributed by atoms with E-state index in [0.29, 0.717) is 17.4 Å². The van der Waals surface area contributed by atoms with E-state index in [2.05, 4.69) is 6.92 Å². The maximum Gasteiger partial charge on any atom is 0.328 e. The van der Waals surface area contributed by atoms with Crippen molar-refractivity contribution in [3.63, 3.8) is 0 Å². The Bertz CT molecular complexity index is 465. The molecule has 0 bridgehead atoms. The normalized spacial score (nSPS) is 15.2. The number of carboxylic acids is 1. The van der Waals surface area contributed by atoms with Crippen molar-refractivity contribution in [1.29, 1.82) is 0 Å². The highest BCUT2D eigenvalue weighted by molar-refractivity contribution is 7.52. The van der Waals surface area contributed by atoms with Gasteiger partial charge in [0.15, 0.2) is 0 Å². The summed E-state index contributed by atoms with van der Waals surface area (Å²) >= 11 is 0. The molecule has 0 heterocycles. The Kier molecular flexibility index (Phi) is 16.1. The van der Waals surface area contributed by atoms with E-state index in [-0.39, 0.29) is 12.6 Å². The van der Waals surface area contributed by atoms with Crippen LogP contribution in [0.25, 0.3) is 0 Å². The summed E-state index contributed by atoms with van der Waals surface area (Å²) < 4.78 is 18.2. The molecule has 0 amide bonds. The molecule has 0 saturated heterocycles. The zero-order valence-electron chi connectivity index (χ0n) is 19.4. The molecule has 0 saturated carbocycles. The van der Waals surface area contributed by atoms with Gasteiger partial charge in [0.2, 0.25) is 0 Å². The first-order valence-corrected chi connectivity index (χ1v) is 13.3. The Hall–Kier alpha value is -0.420. The van der Waals surface area contributed by atoms with Crippen LogP contribution in [-0.4, -0.2) is 60.4 Å². The summed E-state index contributed by atoms with van der Waals surface area (Å²) in [5, 5.41) is 9.02. The van der Waals surface area contributed by atoms with E-state index in [4.69, 9.17) is 9.63 Å². The zero-order valence-corrected chi connectivity index (χ0v) is 20.3. The number of quaternary nitrogens is 1. The maximum absolute atomic E-state index is 12.3. The van der Waals surface area contributed by atoms with Crippen molar-refractivity contribution in [2.24, 2.45) is 0 Å². The molecular formula is C22H47NO5P+. The van der Waals surface area contributed by atoms with Crippen molar-refractivity contribution < 1.29 is 28.4 Å². The van der Waals surface area contributed by atoms with E-state index >= 15 is 0 Å². The summed E-state index contributed by atoms with van der Waals surface area (Å²) in [4.78, 5) is 21.1. The first kappa shape index (κ1) is 28.6. The Morgan fingerprint density at radius 2 is 1.28 bits per heavy atom. The molecule has 0 rings (SSSR count). The highest BCUT2D eigenvalue weighted by atomic mass is 31.2. The third kappa shape index (κ3) is 20.6. The number of likely N-dealkylation sites (N-methyl/N-ethyl adjacent to an activating group) is 1. The minimum atomic E-state index is -3.75. The summed E-state index contributed by atoms with van der Waals surface area (Å²) in [6.07, 6.45) is 14.9. The molecule has 0 aromatic heterocycles.